The van der Waals surface area contributed by atoms with E-state index in [4.69, 9.17) is 0 Å². The summed E-state index contributed by atoms with van der Waals surface area (Å²) in [4.78, 5) is 14.2. The van der Waals surface area contributed by atoms with E-state index < -0.39 is 0 Å². The van der Waals surface area contributed by atoms with Crippen LogP contribution in [0.3, 0.4) is 0 Å². The van der Waals surface area contributed by atoms with E-state index in [0.29, 0.717) is 11.3 Å². The van der Waals surface area contributed by atoms with Gasteiger partial charge >= 0.3 is 4.87 Å². The molecular weight excluding hydrogens is 320 g/mol. The number of rotatable bonds is 5. The third kappa shape index (κ3) is 3.58. The number of nitrogens with one attached hydrogen (secondary N) is 2. The van der Waals surface area contributed by atoms with E-state index in [1.807, 2.05) is 7.05 Å². The molecule has 3 rings (SSSR count). The average Bonchev–Trinajstić information content (AvgIpc) is 2.87. The summed E-state index contributed by atoms with van der Waals surface area (Å²) in [6.07, 6.45) is 0.557. The van der Waals surface area contributed by atoms with Gasteiger partial charge in [-0.05, 0) is 47.9 Å². The highest BCUT2D eigenvalue weighted by molar-refractivity contribution is 7.09. The molecule has 4 nitrogen and oxygen atoms in total. The Hall–Kier alpha value is -2.37. The van der Waals surface area contributed by atoms with Crippen LogP contribution < -0.4 is 10.2 Å². The first-order valence-electron chi connectivity index (χ1n) is 7.81. The van der Waals surface area contributed by atoms with Crippen LogP contribution in [-0.2, 0) is 13.0 Å². The van der Waals surface area contributed by atoms with Crippen molar-refractivity contribution in [3.05, 3.63) is 73.7 Å². The lowest BCUT2D eigenvalue weighted by Gasteiger charge is -2.10. The first-order chi connectivity index (χ1) is 11.6. The molecule has 0 radical (unpaired) electrons. The molecule has 0 aliphatic heterocycles. The molecule has 24 heavy (non-hydrogen) atoms. The second-order valence-electron chi connectivity index (χ2n) is 5.84. The summed E-state index contributed by atoms with van der Waals surface area (Å²) >= 11 is 1.06. The van der Waals surface area contributed by atoms with Crippen molar-refractivity contribution in [2.75, 3.05) is 7.05 Å². The summed E-state index contributed by atoms with van der Waals surface area (Å²) in [7, 11) is 1.94. The fraction of sp³-hybridized carbons (Fsp3) is 0.211. The van der Waals surface area contributed by atoms with Gasteiger partial charge in [0.2, 0.25) is 5.88 Å². The zero-order chi connectivity index (χ0) is 17.1. The lowest BCUT2D eigenvalue weighted by Crippen LogP contribution is -2.04. The predicted octanol–water partition coefficient (Wildman–Crippen LogP) is 3.43. The van der Waals surface area contributed by atoms with Crippen LogP contribution in [0.25, 0.3) is 11.1 Å². The zero-order valence-corrected chi connectivity index (χ0v) is 14.5. The van der Waals surface area contributed by atoms with E-state index in [-0.39, 0.29) is 10.8 Å². The SMILES string of the molecule is CNCc1cccc(-c2ccc(Cc3sc(=O)[nH]c3O)c(C)c2)c1. The number of aryl methyl sites for hydroxylation is 1. The summed E-state index contributed by atoms with van der Waals surface area (Å²) in [5.74, 6) is -0.0201. The van der Waals surface area contributed by atoms with Crippen LogP contribution in [0.1, 0.15) is 21.6 Å². The van der Waals surface area contributed by atoms with Crippen LogP contribution in [0.4, 0.5) is 0 Å². The van der Waals surface area contributed by atoms with Gasteiger partial charge in [-0.3, -0.25) is 9.78 Å². The Morgan fingerprint density at radius 3 is 2.62 bits per heavy atom. The molecule has 0 atom stereocenters. The monoisotopic (exact) mass is 340 g/mol. The lowest BCUT2D eigenvalue weighted by molar-refractivity contribution is 0.451. The van der Waals surface area contributed by atoms with Gasteiger partial charge in [-0.2, -0.15) is 0 Å². The van der Waals surface area contributed by atoms with Crippen LogP contribution in [0.5, 0.6) is 5.88 Å². The van der Waals surface area contributed by atoms with Crippen LogP contribution >= 0.6 is 11.3 Å². The highest BCUT2D eigenvalue weighted by Gasteiger charge is 2.10. The molecule has 5 heteroatoms. The van der Waals surface area contributed by atoms with Crippen molar-refractivity contribution in [2.24, 2.45) is 0 Å². The Morgan fingerprint density at radius 2 is 1.96 bits per heavy atom. The van der Waals surface area contributed by atoms with Gasteiger partial charge in [-0.1, -0.05) is 47.7 Å². The maximum absolute atomic E-state index is 11.3. The Bertz CT molecular complexity index is 912. The molecule has 124 valence electrons. The number of H-pyrrole nitrogens is 1. The molecule has 1 aromatic heterocycles. The topological polar surface area (TPSA) is 65.1 Å². The average molecular weight is 340 g/mol. The standard InChI is InChI=1S/C19H20N2O2S/c1-12-8-16(15-5-3-4-13(9-15)11-20-2)7-6-14(12)10-17-18(22)21-19(23)24-17/h3-9,20,22H,10-11H2,1-2H3,(H,21,23). The van der Waals surface area contributed by atoms with Crippen molar-refractivity contribution in [1.82, 2.24) is 10.3 Å². The minimum atomic E-state index is -0.224. The number of hydrogen-bond donors (Lipinski definition) is 3. The van der Waals surface area contributed by atoms with Crippen molar-refractivity contribution >= 4 is 11.3 Å². The van der Waals surface area contributed by atoms with Gasteiger partial charge in [0, 0.05) is 13.0 Å². The van der Waals surface area contributed by atoms with Crippen molar-refractivity contribution in [3.8, 4) is 17.0 Å². The van der Waals surface area contributed by atoms with Gasteiger partial charge < -0.3 is 10.4 Å². The van der Waals surface area contributed by atoms with E-state index in [9.17, 15) is 9.90 Å². The van der Waals surface area contributed by atoms with Crippen LogP contribution in [-0.4, -0.2) is 17.1 Å². The molecule has 1 heterocycles. The molecular formula is C19H20N2O2S. The number of hydrogen-bond acceptors (Lipinski definition) is 4. The smallest absolute Gasteiger partial charge is 0.307 e. The number of aromatic hydroxyl groups is 1. The second-order valence-corrected chi connectivity index (χ2v) is 6.90. The highest BCUT2D eigenvalue weighted by atomic mass is 32.1. The fourth-order valence-corrected chi connectivity index (χ4v) is 3.53. The summed E-state index contributed by atoms with van der Waals surface area (Å²) in [6, 6.07) is 14.8. The minimum absolute atomic E-state index is 0.0201. The minimum Gasteiger partial charge on any atom is -0.494 e. The summed E-state index contributed by atoms with van der Waals surface area (Å²) in [5.41, 5.74) is 5.86. The Balaban J connectivity index is 1.88. The lowest BCUT2D eigenvalue weighted by atomic mass is 9.97. The Kier molecular flexibility index (Phi) is 4.83. The molecule has 0 saturated heterocycles. The van der Waals surface area contributed by atoms with Crippen molar-refractivity contribution < 1.29 is 5.11 Å². The summed E-state index contributed by atoms with van der Waals surface area (Å²) < 4.78 is 0. The first-order valence-corrected chi connectivity index (χ1v) is 8.63. The van der Waals surface area contributed by atoms with E-state index in [0.717, 1.165) is 29.0 Å². The first kappa shape index (κ1) is 16.5. The quantitative estimate of drug-likeness (QED) is 0.667. The van der Waals surface area contributed by atoms with Crippen molar-refractivity contribution in [3.63, 3.8) is 0 Å². The number of benzene rings is 2. The van der Waals surface area contributed by atoms with E-state index >= 15 is 0 Å². The molecule has 0 unspecified atom stereocenters. The van der Waals surface area contributed by atoms with Gasteiger partial charge in [-0.25, -0.2) is 0 Å². The van der Waals surface area contributed by atoms with Gasteiger partial charge in [0.1, 0.15) is 0 Å². The maximum atomic E-state index is 11.3. The summed E-state index contributed by atoms with van der Waals surface area (Å²) in [6.45, 7) is 2.90. The van der Waals surface area contributed by atoms with Crippen molar-refractivity contribution in [2.45, 2.75) is 19.9 Å². The molecule has 0 amide bonds. The van der Waals surface area contributed by atoms with E-state index in [1.54, 1.807) is 0 Å². The van der Waals surface area contributed by atoms with Crippen molar-refractivity contribution in [1.29, 1.82) is 0 Å². The third-order valence-electron chi connectivity index (χ3n) is 4.04. The normalized spacial score (nSPS) is 10.9. The number of aromatic amines is 1. The summed E-state index contributed by atoms with van der Waals surface area (Å²) in [5, 5.41) is 12.9. The molecule has 0 aliphatic rings. The van der Waals surface area contributed by atoms with E-state index in [2.05, 4.69) is 59.7 Å². The van der Waals surface area contributed by atoms with Crippen LogP contribution in [0.2, 0.25) is 0 Å². The molecule has 2 aromatic carbocycles. The molecule has 3 N–H and O–H groups in total. The fourth-order valence-electron chi connectivity index (χ4n) is 2.78. The second kappa shape index (κ2) is 7.03. The molecule has 0 spiro atoms. The molecule has 0 aliphatic carbocycles. The Labute approximate surface area is 144 Å². The predicted molar refractivity (Wildman–Crippen MR) is 98.8 cm³/mol. The van der Waals surface area contributed by atoms with Gasteiger partial charge in [0.15, 0.2) is 0 Å². The van der Waals surface area contributed by atoms with Crippen LogP contribution in [0, 0.1) is 6.92 Å². The number of aromatic nitrogens is 1. The maximum Gasteiger partial charge on any atom is 0.307 e. The van der Waals surface area contributed by atoms with Gasteiger partial charge in [-0.15, -0.1) is 0 Å². The third-order valence-corrected chi connectivity index (χ3v) is 4.91. The van der Waals surface area contributed by atoms with E-state index in [1.165, 1.54) is 16.7 Å². The number of thiazole rings is 1. The van der Waals surface area contributed by atoms with Gasteiger partial charge in [0.25, 0.3) is 0 Å². The molecule has 0 saturated carbocycles. The highest BCUT2D eigenvalue weighted by Crippen LogP contribution is 2.26. The van der Waals surface area contributed by atoms with Crippen LogP contribution in [0.15, 0.2) is 47.3 Å². The largest absolute Gasteiger partial charge is 0.494 e. The Morgan fingerprint density at radius 1 is 1.17 bits per heavy atom. The molecule has 0 fully saturated rings. The molecule has 3 aromatic rings. The van der Waals surface area contributed by atoms with Gasteiger partial charge in [0.05, 0.1) is 4.88 Å². The molecule has 0 bridgehead atoms. The zero-order valence-electron chi connectivity index (χ0n) is 13.7.